The summed E-state index contributed by atoms with van der Waals surface area (Å²) in [5, 5.41) is 5.65. The highest BCUT2D eigenvalue weighted by Gasteiger charge is 2.52. The molecule has 0 fully saturated rings. The maximum atomic E-state index is 13.1. The van der Waals surface area contributed by atoms with Gasteiger partial charge in [-0.1, -0.05) is 12.1 Å². The lowest BCUT2D eigenvalue weighted by atomic mass is 9.91. The van der Waals surface area contributed by atoms with E-state index in [1.54, 1.807) is 24.3 Å². The van der Waals surface area contributed by atoms with Gasteiger partial charge in [0.1, 0.15) is 23.0 Å². The average Bonchev–Trinajstić information content (AvgIpc) is 3.39. The van der Waals surface area contributed by atoms with Gasteiger partial charge in [0.2, 0.25) is 5.54 Å². The molecule has 30 heavy (non-hydrogen) atoms. The summed E-state index contributed by atoms with van der Waals surface area (Å²) in [4.78, 5) is 37.4. The first-order valence-corrected chi connectivity index (χ1v) is 9.08. The molecule has 1 aromatic heterocycles. The number of benzene rings is 2. The lowest BCUT2D eigenvalue weighted by Gasteiger charge is -2.25. The van der Waals surface area contributed by atoms with E-state index in [-0.39, 0.29) is 18.2 Å². The second-order valence-corrected chi connectivity index (χ2v) is 6.58. The van der Waals surface area contributed by atoms with Crippen LogP contribution < -0.4 is 25.8 Å². The number of para-hydroxylation sites is 2. The summed E-state index contributed by atoms with van der Waals surface area (Å²) in [5.41, 5.74) is 5.69. The van der Waals surface area contributed by atoms with Gasteiger partial charge in [0, 0.05) is 6.07 Å². The number of aromatic nitrogens is 2. The maximum absolute atomic E-state index is 13.1. The molecule has 0 saturated heterocycles. The number of methoxy groups -OCH3 is 2. The fraction of sp³-hybridized carbons (Fsp3) is 0.200. The van der Waals surface area contributed by atoms with Crippen LogP contribution >= 0.6 is 0 Å². The number of carbonyl (C=O) groups is 2. The quantitative estimate of drug-likeness (QED) is 0.477. The van der Waals surface area contributed by atoms with Gasteiger partial charge in [0.25, 0.3) is 11.8 Å². The zero-order valence-corrected chi connectivity index (χ0v) is 16.4. The summed E-state index contributed by atoms with van der Waals surface area (Å²) in [7, 11) is 3.00. The van der Waals surface area contributed by atoms with Crippen molar-refractivity contribution in [3.63, 3.8) is 0 Å². The molecule has 2 amide bonds. The number of primary amides is 1. The number of fused-ring (bicyclic) bond motifs is 1. The number of hydrogen-bond acceptors (Lipinski definition) is 7. The summed E-state index contributed by atoms with van der Waals surface area (Å²) >= 11 is 0. The van der Waals surface area contributed by atoms with Crippen LogP contribution in [0.3, 0.4) is 0 Å². The molecule has 1 unspecified atom stereocenters. The van der Waals surface area contributed by atoms with Gasteiger partial charge in [0.05, 0.1) is 37.6 Å². The Balaban J connectivity index is 1.72. The lowest BCUT2D eigenvalue weighted by molar-refractivity contribution is -0.123. The number of nitrogens with one attached hydrogen (secondary N) is 3. The van der Waals surface area contributed by atoms with Gasteiger partial charge in [-0.2, -0.15) is 0 Å². The minimum absolute atomic E-state index is 0.0302. The van der Waals surface area contributed by atoms with Crippen molar-refractivity contribution in [2.75, 3.05) is 26.2 Å². The van der Waals surface area contributed by atoms with Crippen LogP contribution in [0.4, 0.5) is 5.69 Å². The predicted molar refractivity (Wildman–Crippen MR) is 111 cm³/mol. The molecule has 2 heterocycles. The molecular formula is C20H20N6O4. The van der Waals surface area contributed by atoms with E-state index in [1.165, 1.54) is 14.2 Å². The maximum Gasteiger partial charge on any atom is 0.272 e. The van der Waals surface area contributed by atoms with E-state index < -0.39 is 17.4 Å². The van der Waals surface area contributed by atoms with Gasteiger partial charge >= 0.3 is 0 Å². The Kier molecular flexibility index (Phi) is 4.84. The number of nitrogens with zero attached hydrogens (tertiary/aromatic N) is 2. The van der Waals surface area contributed by atoms with Crippen LogP contribution in [0.5, 0.6) is 11.5 Å². The minimum Gasteiger partial charge on any atom is -0.497 e. The highest BCUT2D eigenvalue weighted by Crippen LogP contribution is 2.31. The van der Waals surface area contributed by atoms with Crippen LogP contribution in [-0.2, 0) is 15.1 Å². The van der Waals surface area contributed by atoms with Gasteiger partial charge in [0.15, 0.2) is 0 Å². The normalized spacial score (nSPS) is 18.1. The number of imidazole rings is 1. The number of nitrogens with two attached hydrogens (primary N) is 1. The Bertz CT molecular complexity index is 1140. The number of rotatable bonds is 6. The highest BCUT2D eigenvalue weighted by molar-refractivity contribution is 6.50. The van der Waals surface area contributed by atoms with E-state index in [0.29, 0.717) is 28.2 Å². The zero-order chi connectivity index (χ0) is 21.3. The van der Waals surface area contributed by atoms with E-state index in [2.05, 4.69) is 25.6 Å². The SMILES string of the molecule is COc1ccc(NC(=O)C2=NCNC2(C(N)=O)c2nc3ccccc3[nH]2)c(OC)c1. The summed E-state index contributed by atoms with van der Waals surface area (Å²) in [6.45, 7) is 0.0302. The Labute approximate surface area is 171 Å². The second-order valence-electron chi connectivity index (χ2n) is 6.58. The van der Waals surface area contributed by atoms with E-state index >= 15 is 0 Å². The molecule has 3 aromatic rings. The number of carbonyl (C=O) groups excluding carboxylic acids is 2. The molecular weight excluding hydrogens is 388 g/mol. The lowest BCUT2D eigenvalue weighted by Crippen LogP contribution is -2.58. The van der Waals surface area contributed by atoms with Crippen molar-refractivity contribution in [3.05, 3.63) is 48.3 Å². The standard InChI is InChI=1S/C20H20N6O4/c1-29-11-7-8-14(15(9-11)30-2)24-17(27)16-20(18(21)28,23-10-22-16)19-25-12-5-3-4-6-13(12)26-19/h3-9,23H,10H2,1-2H3,(H2,21,28)(H,24,27)(H,25,26). The summed E-state index contributed by atoms with van der Waals surface area (Å²) in [6.07, 6.45) is 0. The fourth-order valence-electron chi connectivity index (χ4n) is 3.41. The van der Waals surface area contributed by atoms with Crippen LogP contribution in [0.25, 0.3) is 11.0 Å². The van der Waals surface area contributed by atoms with Gasteiger partial charge in [-0.25, -0.2) is 4.98 Å². The van der Waals surface area contributed by atoms with Crippen LogP contribution in [0, 0.1) is 0 Å². The monoisotopic (exact) mass is 408 g/mol. The van der Waals surface area contributed by atoms with Crippen molar-refractivity contribution in [1.82, 2.24) is 15.3 Å². The molecule has 1 atom stereocenters. The molecule has 0 spiro atoms. The fourth-order valence-corrected chi connectivity index (χ4v) is 3.41. The Morgan fingerprint density at radius 2 is 1.97 bits per heavy atom. The predicted octanol–water partition coefficient (Wildman–Crippen LogP) is 0.901. The smallest absolute Gasteiger partial charge is 0.272 e. The Morgan fingerprint density at radius 3 is 2.67 bits per heavy atom. The van der Waals surface area contributed by atoms with Crippen LogP contribution in [-0.4, -0.2) is 48.4 Å². The zero-order valence-electron chi connectivity index (χ0n) is 16.4. The molecule has 10 heteroatoms. The third-order valence-corrected chi connectivity index (χ3v) is 4.92. The number of aromatic amines is 1. The first-order chi connectivity index (χ1) is 14.5. The number of ether oxygens (including phenoxy) is 2. The first kappa shape index (κ1) is 19.4. The molecule has 0 saturated carbocycles. The second kappa shape index (κ2) is 7.48. The van der Waals surface area contributed by atoms with Crippen molar-refractivity contribution in [2.45, 2.75) is 5.54 Å². The number of aliphatic imine (C=N–C) groups is 1. The summed E-state index contributed by atoms with van der Waals surface area (Å²) < 4.78 is 10.5. The molecule has 4 rings (SSSR count). The minimum atomic E-state index is -1.69. The molecule has 0 aliphatic carbocycles. The molecule has 1 aliphatic heterocycles. The first-order valence-electron chi connectivity index (χ1n) is 9.08. The van der Waals surface area contributed by atoms with E-state index in [1.807, 2.05) is 18.2 Å². The van der Waals surface area contributed by atoms with Crippen LogP contribution in [0.2, 0.25) is 0 Å². The molecule has 154 valence electrons. The van der Waals surface area contributed by atoms with Gasteiger partial charge in [-0.15, -0.1) is 0 Å². The van der Waals surface area contributed by atoms with Gasteiger partial charge in [-0.3, -0.25) is 19.9 Å². The largest absolute Gasteiger partial charge is 0.497 e. The number of hydrogen-bond donors (Lipinski definition) is 4. The van der Waals surface area contributed by atoms with Crippen LogP contribution in [0.15, 0.2) is 47.5 Å². The molecule has 2 aromatic carbocycles. The van der Waals surface area contributed by atoms with Crippen LogP contribution in [0.1, 0.15) is 5.82 Å². The number of amides is 2. The van der Waals surface area contributed by atoms with Crippen molar-refractivity contribution < 1.29 is 19.1 Å². The van der Waals surface area contributed by atoms with E-state index in [9.17, 15) is 9.59 Å². The molecule has 1 aliphatic rings. The topological polar surface area (TPSA) is 144 Å². The van der Waals surface area contributed by atoms with Gasteiger partial charge < -0.3 is 25.5 Å². The summed E-state index contributed by atoms with van der Waals surface area (Å²) in [5.74, 6) is -0.247. The summed E-state index contributed by atoms with van der Waals surface area (Å²) in [6, 6.07) is 12.2. The van der Waals surface area contributed by atoms with Crippen molar-refractivity contribution in [2.24, 2.45) is 10.7 Å². The third kappa shape index (κ3) is 3.03. The number of H-pyrrole nitrogens is 1. The van der Waals surface area contributed by atoms with E-state index in [4.69, 9.17) is 15.2 Å². The molecule has 0 radical (unpaired) electrons. The average molecular weight is 408 g/mol. The van der Waals surface area contributed by atoms with Crippen molar-refractivity contribution in [3.8, 4) is 11.5 Å². The van der Waals surface area contributed by atoms with Crippen molar-refractivity contribution in [1.29, 1.82) is 0 Å². The molecule has 5 N–H and O–H groups in total. The third-order valence-electron chi connectivity index (χ3n) is 4.92. The number of anilines is 1. The molecule has 0 bridgehead atoms. The molecule has 10 nitrogen and oxygen atoms in total. The highest BCUT2D eigenvalue weighted by atomic mass is 16.5. The van der Waals surface area contributed by atoms with Gasteiger partial charge in [-0.05, 0) is 24.3 Å². The van der Waals surface area contributed by atoms with E-state index in [0.717, 1.165) is 0 Å². The Hall–Kier alpha value is -3.92. The Morgan fingerprint density at radius 1 is 1.17 bits per heavy atom. The van der Waals surface area contributed by atoms with Crippen molar-refractivity contribution >= 4 is 34.2 Å².